The molecule has 0 amide bonds. The van der Waals surface area contributed by atoms with E-state index in [1.165, 1.54) is 19.1 Å². The summed E-state index contributed by atoms with van der Waals surface area (Å²) < 4.78 is 44.7. The fourth-order valence-electron chi connectivity index (χ4n) is 5.56. The average Bonchev–Trinajstić information content (AvgIpc) is 3.39. The fourth-order valence-corrected chi connectivity index (χ4v) is 6.71. The van der Waals surface area contributed by atoms with Crippen LogP contribution in [0.2, 0.25) is 0 Å². The standard InChI is InChI=1S/C31H34F3I3N2O/c1-29(34,35)21-15-22(17-23(32)16-21)31(18-20-9-4-3-5-10-20,19-38-28(40)39-24-11-6-7-12-24)26-14-8-13-25(27(26)33)30(2,36)37/h3-5,8-10,13-17,24,28,38-40H,6-7,11-12,18-19H2,1-2H3/t28?,29-,31?/m1/s1. The van der Waals surface area contributed by atoms with Gasteiger partial charge < -0.3 is 5.11 Å². The quantitative estimate of drug-likeness (QED) is 0.103. The fraction of sp³-hybridized carbons (Fsp3) is 0.419. The molecule has 0 aliphatic heterocycles. The van der Waals surface area contributed by atoms with Crippen molar-refractivity contribution in [3.05, 3.63) is 106 Å². The first-order valence-corrected chi connectivity index (χ1v) is 16.6. The Balaban J connectivity index is 1.93. The van der Waals surface area contributed by atoms with Crippen LogP contribution in [-0.2, 0) is 16.9 Å². The van der Waals surface area contributed by atoms with E-state index >= 15 is 13.2 Å². The lowest BCUT2D eigenvalue weighted by molar-refractivity contribution is 0.0830. The summed E-state index contributed by atoms with van der Waals surface area (Å²) in [4.78, 5) is 0. The summed E-state index contributed by atoms with van der Waals surface area (Å²) in [5, 5.41) is 17.4. The van der Waals surface area contributed by atoms with Gasteiger partial charge in [-0.25, -0.2) is 13.2 Å². The van der Waals surface area contributed by atoms with Crippen molar-refractivity contribution in [2.24, 2.45) is 0 Å². The lowest BCUT2D eigenvalue weighted by Crippen LogP contribution is -2.52. The van der Waals surface area contributed by atoms with Gasteiger partial charge in [-0.1, -0.05) is 113 Å². The molecule has 1 fully saturated rings. The van der Waals surface area contributed by atoms with E-state index in [9.17, 15) is 5.11 Å². The first kappa shape index (κ1) is 32.4. The molecule has 3 aromatic rings. The van der Waals surface area contributed by atoms with Gasteiger partial charge in [-0.05, 0) is 79.0 Å². The van der Waals surface area contributed by atoms with E-state index in [1.54, 1.807) is 40.8 Å². The number of halogens is 6. The van der Waals surface area contributed by atoms with E-state index in [0.717, 1.165) is 31.2 Å². The Bertz CT molecular complexity index is 1290. The van der Waals surface area contributed by atoms with Crippen LogP contribution in [0.25, 0.3) is 0 Å². The van der Waals surface area contributed by atoms with Gasteiger partial charge in [0, 0.05) is 34.7 Å². The van der Waals surface area contributed by atoms with Gasteiger partial charge in [0.1, 0.15) is 11.6 Å². The monoisotopic (exact) mass is 888 g/mol. The third kappa shape index (κ3) is 7.91. The number of aliphatic hydroxyl groups excluding tert-OH is 1. The second-order valence-electron chi connectivity index (χ2n) is 10.8. The summed E-state index contributed by atoms with van der Waals surface area (Å²) in [7, 11) is 0. The number of hydrogen-bond donors (Lipinski definition) is 3. The van der Waals surface area contributed by atoms with Gasteiger partial charge in [0.25, 0.3) is 0 Å². The molecule has 3 nitrogen and oxygen atoms in total. The maximum atomic E-state index is 16.7. The zero-order chi connectivity index (χ0) is 29.1. The molecule has 9 heteroatoms. The summed E-state index contributed by atoms with van der Waals surface area (Å²) >= 11 is 6.05. The van der Waals surface area contributed by atoms with Crippen LogP contribution >= 0.6 is 67.8 Å². The highest BCUT2D eigenvalue weighted by Crippen LogP contribution is 2.45. The Hall–Kier alpha value is -0.480. The van der Waals surface area contributed by atoms with E-state index in [4.69, 9.17) is 0 Å². The van der Waals surface area contributed by atoms with Crippen molar-refractivity contribution in [1.82, 2.24) is 10.6 Å². The number of hydrogen-bond acceptors (Lipinski definition) is 3. The van der Waals surface area contributed by atoms with Gasteiger partial charge in [-0.15, -0.1) is 0 Å². The topological polar surface area (TPSA) is 44.3 Å². The molecule has 3 N–H and O–H groups in total. The van der Waals surface area contributed by atoms with Gasteiger partial charge in [-0.3, -0.25) is 10.6 Å². The largest absolute Gasteiger partial charge is 0.365 e. The first-order valence-electron chi connectivity index (χ1n) is 13.4. The highest BCUT2D eigenvalue weighted by atomic mass is 127. The Morgan fingerprint density at radius 2 is 1.52 bits per heavy atom. The zero-order valence-electron chi connectivity index (χ0n) is 22.5. The summed E-state index contributed by atoms with van der Waals surface area (Å²) in [5.41, 5.74) is 1.19. The van der Waals surface area contributed by atoms with Crippen LogP contribution in [0.3, 0.4) is 0 Å². The third-order valence-electron chi connectivity index (χ3n) is 7.64. The molecule has 1 aliphatic rings. The van der Waals surface area contributed by atoms with Gasteiger partial charge >= 0.3 is 0 Å². The van der Waals surface area contributed by atoms with E-state index in [-0.39, 0.29) is 18.2 Å². The molecule has 0 heterocycles. The number of aliphatic hydroxyl groups is 1. The number of rotatable bonds is 11. The second kappa shape index (κ2) is 13.4. The van der Waals surface area contributed by atoms with E-state index in [0.29, 0.717) is 23.1 Å². The molecule has 0 bridgehead atoms. The minimum atomic E-state index is -1.84. The lowest BCUT2D eigenvalue weighted by atomic mass is 9.69. The van der Waals surface area contributed by atoms with Crippen molar-refractivity contribution in [3.63, 3.8) is 0 Å². The summed E-state index contributed by atoms with van der Waals surface area (Å²) in [6.07, 6.45) is 3.42. The first-order chi connectivity index (χ1) is 18.8. The summed E-state index contributed by atoms with van der Waals surface area (Å²) in [5.74, 6) is -0.993. The minimum Gasteiger partial charge on any atom is -0.365 e. The molecular formula is C31H34F3I3N2O. The van der Waals surface area contributed by atoms with E-state index in [1.807, 2.05) is 43.3 Å². The summed E-state index contributed by atoms with van der Waals surface area (Å²) in [6.45, 7) is 3.38. The van der Waals surface area contributed by atoms with Crippen LogP contribution in [0, 0.1) is 11.6 Å². The van der Waals surface area contributed by atoms with Crippen LogP contribution in [-0.4, -0.2) is 24.0 Å². The van der Waals surface area contributed by atoms with Crippen molar-refractivity contribution in [2.45, 2.75) is 68.9 Å². The molecule has 2 unspecified atom stereocenters. The van der Waals surface area contributed by atoms with Crippen LogP contribution in [0.15, 0.2) is 66.7 Å². The molecule has 0 aromatic heterocycles. The SMILES string of the molecule is CC(I)(I)c1cccc(C(CNC(O)NC2CCCC2)(Cc2ccccc2)c2cc(F)cc([C@](C)(F)I)c2)c1F. The van der Waals surface area contributed by atoms with Gasteiger partial charge in [0.2, 0.25) is 0 Å². The van der Waals surface area contributed by atoms with Crippen LogP contribution < -0.4 is 10.6 Å². The molecule has 40 heavy (non-hydrogen) atoms. The molecule has 3 aromatic carbocycles. The van der Waals surface area contributed by atoms with Gasteiger partial charge in [-0.2, -0.15) is 0 Å². The third-order valence-corrected chi connectivity index (χ3v) is 9.42. The Morgan fingerprint density at radius 3 is 2.15 bits per heavy atom. The van der Waals surface area contributed by atoms with E-state index < -0.39 is 28.5 Å². The number of benzene rings is 3. The molecule has 0 radical (unpaired) electrons. The van der Waals surface area contributed by atoms with Crippen molar-refractivity contribution in [2.75, 3.05) is 6.54 Å². The second-order valence-corrected chi connectivity index (χ2v) is 19.3. The predicted molar refractivity (Wildman–Crippen MR) is 181 cm³/mol. The minimum absolute atomic E-state index is 0.0789. The highest BCUT2D eigenvalue weighted by molar-refractivity contribution is 14.2. The van der Waals surface area contributed by atoms with Crippen molar-refractivity contribution >= 4 is 67.8 Å². The van der Waals surface area contributed by atoms with Crippen molar-refractivity contribution in [3.8, 4) is 0 Å². The maximum absolute atomic E-state index is 16.7. The molecule has 1 saturated carbocycles. The number of alkyl halides is 4. The zero-order valence-corrected chi connectivity index (χ0v) is 28.9. The van der Waals surface area contributed by atoms with E-state index in [2.05, 4.69) is 55.8 Å². The molecule has 216 valence electrons. The van der Waals surface area contributed by atoms with Crippen LogP contribution in [0.1, 0.15) is 67.3 Å². The predicted octanol–water partition coefficient (Wildman–Crippen LogP) is 8.51. The molecule has 4 rings (SSSR count). The Labute approximate surface area is 275 Å². The molecule has 0 spiro atoms. The Morgan fingerprint density at radius 1 is 0.900 bits per heavy atom. The normalized spacial score (nSPS) is 18.3. The maximum Gasteiger partial charge on any atom is 0.183 e. The summed E-state index contributed by atoms with van der Waals surface area (Å²) in [6, 6.07) is 19.3. The Kier molecular flexibility index (Phi) is 10.9. The van der Waals surface area contributed by atoms with Crippen LogP contribution in [0.5, 0.6) is 0 Å². The van der Waals surface area contributed by atoms with Crippen LogP contribution in [0.4, 0.5) is 13.2 Å². The average molecular weight is 888 g/mol. The van der Waals surface area contributed by atoms with Gasteiger partial charge in [0.05, 0.1) is 1.43 Å². The molecule has 3 atom stereocenters. The molecule has 0 saturated heterocycles. The smallest absolute Gasteiger partial charge is 0.183 e. The van der Waals surface area contributed by atoms with Crippen molar-refractivity contribution in [1.29, 1.82) is 0 Å². The lowest BCUT2D eigenvalue weighted by Gasteiger charge is -2.38. The number of nitrogens with one attached hydrogen (secondary N) is 2. The molecular weight excluding hydrogens is 854 g/mol. The van der Waals surface area contributed by atoms with Crippen molar-refractivity contribution < 1.29 is 18.3 Å². The molecule has 1 aliphatic carbocycles. The highest BCUT2D eigenvalue weighted by Gasteiger charge is 2.41. The van der Waals surface area contributed by atoms with Gasteiger partial charge in [0.15, 0.2) is 10.0 Å².